The van der Waals surface area contributed by atoms with Crippen LogP contribution in [0.3, 0.4) is 0 Å². The summed E-state index contributed by atoms with van der Waals surface area (Å²) < 4.78 is 0. The van der Waals surface area contributed by atoms with Gasteiger partial charge in [0.15, 0.2) is 5.60 Å². The minimum absolute atomic E-state index is 0.0420. The minimum atomic E-state index is -1.99. The Morgan fingerprint density at radius 2 is 2.00 bits per heavy atom. The fraction of sp³-hybridized carbons (Fsp3) is 0.455. The van der Waals surface area contributed by atoms with Crippen LogP contribution in [-0.4, -0.2) is 57.8 Å². The molecule has 0 aliphatic carbocycles. The van der Waals surface area contributed by atoms with Gasteiger partial charge in [0.2, 0.25) is 11.9 Å². The van der Waals surface area contributed by atoms with E-state index in [1.807, 2.05) is 0 Å². The Bertz CT molecular complexity index is 449. The van der Waals surface area contributed by atoms with Crippen LogP contribution in [0.1, 0.15) is 6.92 Å². The number of carbonyl (C=O) groups is 2. The van der Waals surface area contributed by atoms with Gasteiger partial charge >= 0.3 is 5.97 Å². The first-order chi connectivity index (χ1) is 8.83. The smallest absolute Gasteiger partial charge is 0.337 e. The zero-order chi connectivity index (χ0) is 14.5. The van der Waals surface area contributed by atoms with Crippen molar-refractivity contribution in [1.29, 1.82) is 0 Å². The van der Waals surface area contributed by atoms with Crippen molar-refractivity contribution >= 4 is 17.8 Å². The third-order valence-corrected chi connectivity index (χ3v) is 2.36. The van der Waals surface area contributed by atoms with E-state index in [4.69, 9.17) is 5.11 Å². The highest BCUT2D eigenvalue weighted by molar-refractivity contribution is 5.82. The van der Waals surface area contributed by atoms with Gasteiger partial charge in [0.1, 0.15) is 0 Å². The molecule has 0 saturated carbocycles. The molecule has 1 aromatic rings. The van der Waals surface area contributed by atoms with Gasteiger partial charge < -0.3 is 20.4 Å². The lowest BCUT2D eigenvalue weighted by Gasteiger charge is -2.20. The summed E-state index contributed by atoms with van der Waals surface area (Å²) in [7, 11) is 1.63. The van der Waals surface area contributed by atoms with Crippen LogP contribution in [0.2, 0.25) is 0 Å². The molecule has 1 rings (SSSR count). The molecule has 3 N–H and O–H groups in total. The van der Waals surface area contributed by atoms with Crippen molar-refractivity contribution in [1.82, 2.24) is 15.3 Å². The number of carbonyl (C=O) groups excluding carboxylic acids is 1. The highest BCUT2D eigenvalue weighted by Crippen LogP contribution is 2.02. The van der Waals surface area contributed by atoms with Crippen molar-refractivity contribution in [2.75, 3.05) is 25.0 Å². The van der Waals surface area contributed by atoms with Crippen molar-refractivity contribution in [2.45, 2.75) is 12.5 Å². The summed E-state index contributed by atoms with van der Waals surface area (Å²) in [5.74, 6) is -1.45. The number of hydrogen-bond acceptors (Lipinski definition) is 6. The Hall–Kier alpha value is -2.22. The summed E-state index contributed by atoms with van der Waals surface area (Å²) in [4.78, 5) is 31.7. The van der Waals surface area contributed by atoms with Gasteiger partial charge in [-0.3, -0.25) is 4.79 Å². The van der Waals surface area contributed by atoms with Gasteiger partial charge in [0.05, 0.1) is 13.1 Å². The number of likely N-dealkylation sites (N-methyl/N-ethyl adjacent to an activating group) is 1. The molecule has 1 unspecified atom stereocenters. The van der Waals surface area contributed by atoms with Gasteiger partial charge in [-0.2, -0.15) is 0 Å². The van der Waals surface area contributed by atoms with Crippen LogP contribution in [-0.2, 0) is 9.59 Å². The third kappa shape index (κ3) is 4.51. The number of aliphatic hydroxyl groups is 1. The summed E-state index contributed by atoms with van der Waals surface area (Å²) >= 11 is 0. The number of nitrogens with zero attached hydrogens (tertiary/aromatic N) is 3. The van der Waals surface area contributed by atoms with E-state index in [2.05, 4.69) is 15.3 Å². The number of hydrogen-bond donors (Lipinski definition) is 3. The van der Waals surface area contributed by atoms with Gasteiger partial charge in [0, 0.05) is 19.4 Å². The first kappa shape index (κ1) is 14.8. The topological polar surface area (TPSA) is 116 Å². The fourth-order valence-electron chi connectivity index (χ4n) is 1.18. The molecule has 0 radical (unpaired) electrons. The van der Waals surface area contributed by atoms with Crippen molar-refractivity contribution < 1.29 is 19.8 Å². The number of aromatic nitrogens is 2. The molecule has 0 aliphatic heterocycles. The molecule has 0 fully saturated rings. The molecule has 0 bridgehead atoms. The summed E-state index contributed by atoms with van der Waals surface area (Å²) in [5.41, 5.74) is -1.99. The van der Waals surface area contributed by atoms with E-state index in [0.717, 1.165) is 6.92 Å². The Labute approximate surface area is 110 Å². The van der Waals surface area contributed by atoms with Gasteiger partial charge in [-0.05, 0) is 13.0 Å². The van der Waals surface area contributed by atoms with Gasteiger partial charge in [-0.1, -0.05) is 0 Å². The molecule has 0 aliphatic rings. The minimum Gasteiger partial charge on any atom is -0.479 e. The number of anilines is 1. The maximum atomic E-state index is 11.6. The molecule has 0 spiro atoms. The average molecular weight is 268 g/mol. The first-order valence-electron chi connectivity index (χ1n) is 5.53. The van der Waals surface area contributed by atoms with E-state index >= 15 is 0 Å². The number of carboxylic acid groups (broad SMARTS) is 1. The fourth-order valence-corrected chi connectivity index (χ4v) is 1.18. The van der Waals surface area contributed by atoms with Gasteiger partial charge in [-0.25, -0.2) is 14.8 Å². The average Bonchev–Trinajstić information content (AvgIpc) is 2.37. The highest BCUT2D eigenvalue weighted by Gasteiger charge is 2.30. The van der Waals surface area contributed by atoms with Gasteiger partial charge in [-0.15, -0.1) is 0 Å². The van der Waals surface area contributed by atoms with E-state index in [1.165, 1.54) is 4.90 Å². The third-order valence-electron chi connectivity index (χ3n) is 2.36. The van der Waals surface area contributed by atoms with Crippen LogP contribution >= 0.6 is 0 Å². The van der Waals surface area contributed by atoms with Crippen molar-refractivity contribution in [2.24, 2.45) is 0 Å². The Morgan fingerprint density at radius 1 is 1.42 bits per heavy atom. The quantitative estimate of drug-likeness (QED) is 0.597. The predicted molar refractivity (Wildman–Crippen MR) is 66.6 cm³/mol. The second kappa shape index (κ2) is 6.10. The van der Waals surface area contributed by atoms with Crippen LogP contribution in [0.4, 0.5) is 5.95 Å². The van der Waals surface area contributed by atoms with Crippen molar-refractivity contribution in [3.63, 3.8) is 0 Å². The summed E-state index contributed by atoms with van der Waals surface area (Å²) in [6.45, 7) is 0.698. The van der Waals surface area contributed by atoms with Crippen LogP contribution in [0, 0.1) is 0 Å². The lowest BCUT2D eigenvalue weighted by atomic mass is 10.1. The molecular weight excluding hydrogens is 252 g/mol. The SMILES string of the molecule is CN(CC(=O)NCC(C)(O)C(=O)O)c1ncccn1. The van der Waals surface area contributed by atoms with E-state index in [-0.39, 0.29) is 13.1 Å². The molecule has 1 amide bonds. The zero-order valence-corrected chi connectivity index (χ0v) is 10.7. The monoisotopic (exact) mass is 268 g/mol. The predicted octanol–water partition coefficient (Wildman–Crippen LogP) is -1.14. The number of carboxylic acids is 1. The van der Waals surface area contributed by atoms with Crippen LogP contribution in [0.15, 0.2) is 18.5 Å². The van der Waals surface area contributed by atoms with E-state index in [0.29, 0.717) is 5.95 Å². The lowest BCUT2D eigenvalue weighted by Crippen LogP contribution is -2.48. The van der Waals surface area contributed by atoms with Crippen LogP contribution in [0.25, 0.3) is 0 Å². The van der Waals surface area contributed by atoms with Crippen molar-refractivity contribution in [3.8, 4) is 0 Å². The number of aliphatic carboxylic acids is 1. The molecule has 8 nitrogen and oxygen atoms in total. The van der Waals surface area contributed by atoms with Gasteiger partial charge in [0.25, 0.3) is 0 Å². The molecule has 104 valence electrons. The Morgan fingerprint density at radius 3 is 2.53 bits per heavy atom. The standard InChI is InChI=1S/C11H16N4O4/c1-11(19,9(17)18)7-14-8(16)6-15(2)10-12-4-3-5-13-10/h3-5,19H,6-7H2,1-2H3,(H,14,16)(H,17,18). The second-order valence-electron chi connectivity index (χ2n) is 4.26. The van der Waals surface area contributed by atoms with Crippen LogP contribution < -0.4 is 10.2 Å². The molecule has 8 heteroatoms. The largest absolute Gasteiger partial charge is 0.479 e. The van der Waals surface area contributed by atoms with E-state index < -0.39 is 17.5 Å². The molecule has 0 saturated heterocycles. The van der Waals surface area contributed by atoms with Crippen molar-refractivity contribution in [3.05, 3.63) is 18.5 Å². The van der Waals surface area contributed by atoms with E-state index in [9.17, 15) is 14.7 Å². The Kier molecular flexibility index (Phi) is 4.76. The summed E-state index contributed by atoms with van der Waals surface area (Å²) in [6, 6.07) is 1.65. The zero-order valence-electron chi connectivity index (χ0n) is 10.7. The summed E-state index contributed by atoms with van der Waals surface area (Å²) in [5, 5.41) is 20.5. The van der Waals surface area contributed by atoms with Crippen LogP contribution in [0.5, 0.6) is 0 Å². The maximum absolute atomic E-state index is 11.6. The molecule has 1 heterocycles. The summed E-state index contributed by atoms with van der Waals surface area (Å²) in [6.07, 6.45) is 3.10. The molecule has 1 atom stereocenters. The molecule has 19 heavy (non-hydrogen) atoms. The molecule has 0 aromatic carbocycles. The molecular formula is C11H16N4O4. The lowest BCUT2D eigenvalue weighted by molar-refractivity contribution is -0.156. The highest BCUT2D eigenvalue weighted by atomic mass is 16.4. The number of amides is 1. The molecule has 1 aromatic heterocycles. The normalized spacial score (nSPS) is 13.4. The maximum Gasteiger partial charge on any atom is 0.337 e. The second-order valence-corrected chi connectivity index (χ2v) is 4.26. The van der Waals surface area contributed by atoms with E-state index in [1.54, 1.807) is 25.5 Å². The number of nitrogens with one attached hydrogen (secondary N) is 1. The number of rotatable bonds is 6. The first-order valence-corrected chi connectivity index (χ1v) is 5.53. The Balaban J connectivity index is 2.46.